The maximum atomic E-state index is 11.6. The molecule has 1 aliphatic carbocycles. The van der Waals surface area contributed by atoms with Crippen LogP contribution in [0.5, 0.6) is 5.75 Å². The minimum absolute atomic E-state index is 0.0172. The summed E-state index contributed by atoms with van der Waals surface area (Å²) in [5, 5.41) is 2.92. The van der Waals surface area contributed by atoms with E-state index in [-0.39, 0.29) is 12.5 Å². The van der Waals surface area contributed by atoms with Crippen LogP contribution in [0.3, 0.4) is 0 Å². The Balaban J connectivity index is 1.93. The molecule has 0 radical (unpaired) electrons. The molecule has 1 fully saturated rings. The van der Waals surface area contributed by atoms with E-state index >= 15 is 0 Å². The van der Waals surface area contributed by atoms with Crippen LogP contribution in [0.25, 0.3) is 0 Å². The number of para-hydroxylation sites is 1. The molecule has 1 aromatic carbocycles. The first-order valence-electron chi connectivity index (χ1n) is 6.71. The number of hydrogen-bond acceptors (Lipinski definition) is 2. The highest BCUT2D eigenvalue weighted by Crippen LogP contribution is 2.28. The van der Waals surface area contributed by atoms with Crippen molar-refractivity contribution >= 4 is 5.91 Å². The number of rotatable bonds is 6. The van der Waals surface area contributed by atoms with E-state index in [0.29, 0.717) is 12.0 Å². The van der Waals surface area contributed by atoms with E-state index in [0.717, 1.165) is 25.0 Å². The van der Waals surface area contributed by atoms with Crippen molar-refractivity contribution in [2.75, 3.05) is 6.61 Å². The molecule has 3 nitrogen and oxygen atoms in total. The average Bonchev–Trinajstić information content (AvgIpc) is 3.19. The molecule has 0 heterocycles. The van der Waals surface area contributed by atoms with Crippen molar-refractivity contribution in [2.45, 2.75) is 45.1 Å². The van der Waals surface area contributed by atoms with E-state index in [2.05, 4.69) is 25.2 Å². The molecule has 3 heteroatoms. The van der Waals surface area contributed by atoms with Crippen molar-refractivity contribution in [1.82, 2.24) is 5.32 Å². The fourth-order valence-electron chi connectivity index (χ4n) is 1.88. The quantitative estimate of drug-likeness (QED) is 0.839. The molecule has 1 unspecified atom stereocenters. The van der Waals surface area contributed by atoms with Gasteiger partial charge in [-0.25, -0.2) is 0 Å². The highest BCUT2D eigenvalue weighted by molar-refractivity contribution is 5.78. The number of ether oxygens (including phenoxy) is 1. The average molecular weight is 247 g/mol. The Hall–Kier alpha value is -1.51. The van der Waals surface area contributed by atoms with Crippen LogP contribution < -0.4 is 10.1 Å². The predicted octanol–water partition coefficient (Wildman–Crippen LogP) is 2.86. The Morgan fingerprint density at radius 2 is 2.17 bits per heavy atom. The van der Waals surface area contributed by atoms with Gasteiger partial charge in [0.1, 0.15) is 5.75 Å². The third-order valence-electron chi connectivity index (χ3n) is 3.36. The maximum Gasteiger partial charge on any atom is 0.258 e. The summed E-state index contributed by atoms with van der Waals surface area (Å²) >= 11 is 0. The molecule has 1 aliphatic rings. The highest BCUT2D eigenvalue weighted by atomic mass is 16.5. The molecule has 0 saturated heterocycles. The van der Waals surface area contributed by atoms with Gasteiger partial charge in [0, 0.05) is 6.04 Å². The van der Waals surface area contributed by atoms with Crippen LogP contribution in [0.1, 0.15) is 44.6 Å². The number of hydrogen-bond donors (Lipinski definition) is 1. The van der Waals surface area contributed by atoms with Crippen LogP contribution in [-0.2, 0) is 4.79 Å². The summed E-state index contributed by atoms with van der Waals surface area (Å²) in [6.45, 7) is 4.44. The van der Waals surface area contributed by atoms with E-state index in [1.807, 2.05) is 18.2 Å². The molecule has 1 amide bonds. The van der Waals surface area contributed by atoms with Crippen LogP contribution in [0.4, 0.5) is 0 Å². The number of benzene rings is 1. The molecule has 0 aliphatic heterocycles. The molecule has 0 spiro atoms. The van der Waals surface area contributed by atoms with Crippen molar-refractivity contribution in [2.24, 2.45) is 0 Å². The van der Waals surface area contributed by atoms with Crippen molar-refractivity contribution in [3.05, 3.63) is 29.8 Å². The van der Waals surface area contributed by atoms with Gasteiger partial charge in [-0.15, -0.1) is 0 Å². The third-order valence-corrected chi connectivity index (χ3v) is 3.36. The zero-order valence-corrected chi connectivity index (χ0v) is 11.1. The lowest BCUT2D eigenvalue weighted by atomic mass is 9.98. The lowest BCUT2D eigenvalue weighted by Gasteiger charge is -2.15. The fourth-order valence-corrected chi connectivity index (χ4v) is 1.88. The number of nitrogens with one attached hydrogen (secondary N) is 1. The predicted molar refractivity (Wildman–Crippen MR) is 71.8 cm³/mol. The van der Waals surface area contributed by atoms with E-state index in [4.69, 9.17) is 4.74 Å². The van der Waals surface area contributed by atoms with Crippen molar-refractivity contribution < 1.29 is 9.53 Å². The van der Waals surface area contributed by atoms with Crippen molar-refractivity contribution in [1.29, 1.82) is 0 Å². The van der Waals surface area contributed by atoms with E-state index in [9.17, 15) is 4.79 Å². The molecule has 0 aromatic heterocycles. The Kier molecular flexibility index (Phi) is 4.24. The first kappa shape index (κ1) is 12.9. The van der Waals surface area contributed by atoms with Crippen LogP contribution in [0.15, 0.2) is 24.3 Å². The van der Waals surface area contributed by atoms with Crippen molar-refractivity contribution in [3.8, 4) is 5.75 Å². The minimum atomic E-state index is -0.0172. The lowest BCUT2D eigenvalue weighted by molar-refractivity contribution is -0.123. The van der Waals surface area contributed by atoms with Gasteiger partial charge in [0.15, 0.2) is 6.61 Å². The highest BCUT2D eigenvalue weighted by Gasteiger charge is 2.23. The molecule has 0 bridgehead atoms. The van der Waals surface area contributed by atoms with Gasteiger partial charge in [0.2, 0.25) is 0 Å². The van der Waals surface area contributed by atoms with Gasteiger partial charge in [0.05, 0.1) is 0 Å². The van der Waals surface area contributed by atoms with Gasteiger partial charge in [-0.1, -0.05) is 32.0 Å². The van der Waals surface area contributed by atoms with Gasteiger partial charge < -0.3 is 10.1 Å². The summed E-state index contributed by atoms with van der Waals surface area (Å²) in [6.07, 6.45) is 3.28. The van der Waals surface area contributed by atoms with Crippen molar-refractivity contribution in [3.63, 3.8) is 0 Å². The first-order chi connectivity index (χ1) is 8.70. The Morgan fingerprint density at radius 3 is 2.83 bits per heavy atom. The SMILES string of the molecule is CCC(C)c1ccccc1OCC(=O)NC1CC1. The fraction of sp³-hybridized carbons (Fsp3) is 0.533. The molecule has 1 saturated carbocycles. The summed E-state index contributed by atoms with van der Waals surface area (Å²) in [5.41, 5.74) is 1.18. The molecule has 2 rings (SSSR count). The smallest absolute Gasteiger partial charge is 0.258 e. The Bertz CT molecular complexity index is 413. The lowest BCUT2D eigenvalue weighted by Crippen LogP contribution is -2.30. The monoisotopic (exact) mass is 247 g/mol. The maximum absolute atomic E-state index is 11.6. The summed E-state index contributed by atoms with van der Waals surface area (Å²) in [4.78, 5) is 11.6. The largest absolute Gasteiger partial charge is 0.483 e. The summed E-state index contributed by atoms with van der Waals surface area (Å²) in [7, 11) is 0. The first-order valence-corrected chi connectivity index (χ1v) is 6.71. The number of amides is 1. The molecule has 18 heavy (non-hydrogen) atoms. The zero-order chi connectivity index (χ0) is 13.0. The normalized spacial score (nSPS) is 16.1. The van der Waals surface area contributed by atoms with Gasteiger partial charge in [-0.2, -0.15) is 0 Å². The summed E-state index contributed by atoms with van der Waals surface area (Å²) < 4.78 is 5.64. The van der Waals surface area contributed by atoms with Gasteiger partial charge >= 0.3 is 0 Å². The summed E-state index contributed by atoms with van der Waals surface area (Å²) in [6, 6.07) is 8.36. The molecule has 1 atom stereocenters. The van der Waals surface area contributed by atoms with Gasteiger partial charge in [0.25, 0.3) is 5.91 Å². The Labute approximate surface area is 109 Å². The topological polar surface area (TPSA) is 38.3 Å². The second-order valence-corrected chi connectivity index (χ2v) is 4.98. The Morgan fingerprint density at radius 1 is 1.44 bits per heavy atom. The van der Waals surface area contributed by atoms with Crippen LogP contribution >= 0.6 is 0 Å². The van der Waals surface area contributed by atoms with Crippen LogP contribution in [0, 0.1) is 0 Å². The molecule has 98 valence electrons. The second kappa shape index (κ2) is 5.89. The summed E-state index contributed by atoms with van der Waals surface area (Å²) in [5.74, 6) is 1.27. The molecule has 1 N–H and O–H groups in total. The molecular formula is C15H21NO2. The van der Waals surface area contributed by atoms with Gasteiger partial charge in [-0.05, 0) is 36.8 Å². The second-order valence-electron chi connectivity index (χ2n) is 4.98. The van der Waals surface area contributed by atoms with Gasteiger partial charge in [-0.3, -0.25) is 4.79 Å². The number of carbonyl (C=O) groups is 1. The van der Waals surface area contributed by atoms with E-state index in [1.165, 1.54) is 5.56 Å². The standard InChI is InChI=1S/C15H21NO2/c1-3-11(2)13-6-4-5-7-14(13)18-10-15(17)16-12-8-9-12/h4-7,11-12H,3,8-10H2,1-2H3,(H,16,17). The third kappa shape index (κ3) is 3.49. The zero-order valence-electron chi connectivity index (χ0n) is 11.1. The van der Waals surface area contributed by atoms with Crippen LogP contribution in [0.2, 0.25) is 0 Å². The molecular weight excluding hydrogens is 226 g/mol. The molecule has 1 aromatic rings. The minimum Gasteiger partial charge on any atom is -0.483 e. The van der Waals surface area contributed by atoms with E-state index < -0.39 is 0 Å². The van der Waals surface area contributed by atoms with Crippen LogP contribution in [-0.4, -0.2) is 18.6 Å². The van der Waals surface area contributed by atoms with E-state index in [1.54, 1.807) is 0 Å². The number of carbonyl (C=O) groups excluding carboxylic acids is 1.